The van der Waals surface area contributed by atoms with Crippen LogP contribution < -0.4 is 10.1 Å². The normalized spacial score (nSPS) is 11.0. The number of nitrogens with one attached hydrogen (secondary N) is 1. The third-order valence-corrected chi connectivity index (χ3v) is 7.10. The van der Waals surface area contributed by atoms with E-state index >= 15 is 0 Å². The zero-order valence-corrected chi connectivity index (χ0v) is 19.3. The van der Waals surface area contributed by atoms with Crippen LogP contribution in [0.5, 0.6) is 5.75 Å². The molecule has 30 heavy (non-hydrogen) atoms. The lowest BCUT2D eigenvalue weighted by atomic mass is 10.1. The Morgan fingerprint density at radius 2 is 1.87 bits per heavy atom. The van der Waals surface area contributed by atoms with E-state index in [9.17, 15) is 4.79 Å². The first-order chi connectivity index (χ1) is 14.6. The van der Waals surface area contributed by atoms with E-state index in [1.807, 2.05) is 42.5 Å². The molecule has 2 aromatic carbocycles. The zero-order chi connectivity index (χ0) is 21.1. The summed E-state index contributed by atoms with van der Waals surface area (Å²) in [7, 11) is 1.67. The van der Waals surface area contributed by atoms with Gasteiger partial charge in [-0.25, -0.2) is 0 Å². The molecule has 0 radical (unpaired) electrons. The molecule has 4 rings (SSSR count). The van der Waals surface area contributed by atoms with Crippen molar-refractivity contribution < 1.29 is 9.53 Å². The smallest absolute Gasteiger partial charge is 0.267 e. The van der Waals surface area contributed by atoms with E-state index in [2.05, 4.69) is 50.3 Å². The number of amides is 1. The number of aromatic nitrogens is 1. The summed E-state index contributed by atoms with van der Waals surface area (Å²) in [5.74, 6) is 0.785. The van der Waals surface area contributed by atoms with Gasteiger partial charge in [0.05, 0.1) is 21.8 Å². The van der Waals surface area contributed by atoms with Gasteiger partial charge in [-0.2, -0.15) is 0 Å². The predicted molar refractivity (Wildman–Crippen MR) is 127 cm³/mol. The first kappa shape index (κ1) is 20.7. The van der Waals surface area contributed by atoms with Crippen molar-refractivity contribution >= 4 is 43.4 Å². The van der Waals surface area contributed by atoms with Gasteiger partial charge in [0.2, 0.25) is 0 Å². The third-order valence-electron chi connectivity index (χ3n) is 5.27. The molecule has 0 fully saturated rings. The van der Waals surface area contributed by atoms with Gasteiger partial charge in [-0.1, -0.05) is 42.5 Å². The highest BCUT2D eigenvalue weighted by Gasteiger charge is 2.19. The fraction of sp³-hybridized carbons (Fsp3) is 0.208. The van der Waals surface area contributed by atoms with Crippen molar-refractivity contribution in [2.24, 2.45) is 0 Å². The van der Waals surface area contributed by atoms with Gasteiger partial charge < -0.3 is 14.6 Å². The molecule has 1 N–H and O–H groups in total. The Hall–Kier alpha value is -2.57. The van der Waals surface area contributed by atoms with E-state index < -0.39 is 0 Å². The molecule has 2 aromatic heterocycles. The number of ether oxygens (including phenoxy) is 1. The number of hydrogen-bond acceptors (Lipinski definition) is 3. The summed E-state index contributed by atoms with van der Waals surface area (Å²) in [6.45, 7) is 3.30. The summed E-state index contributed by atoms with van der Waals surface area (Å²) in [4.78, 5) is 13.1. The molecule has 2 heterocycles. The van der Waals surface area contributed by atoms with E-state index in [0.717, 1.165) is 26.0 Å². The van der Waals surface area contributed by atoms with Gasteiger partial charge in [0.15, 0.2) is 0 Å². The summed E-state index contributed by atoms with van der Waals surface area (Å²) >= 11 is 5.30. The summed E-state index contributed by atoms with van der Waals surface area (Å²) in [6, 6.07) is 18.2. The Morgan fingerprint density at radius 3 is 2.63 bits per heavy atom. The molecule has 154 valence electrons. The monoisotopic (exact) mass is 482 g/mol. The molecule has 6 heteroatoms. The lowest BCUT2D eigenvalue weighted by Crippen LogP contribution is -2.28. The molecular weight excluding hydrogens is 460 g/mol. The van der Waals surface area contributed by atoms with Crippen molar-refractivity contribution in [2.45, 2.75) is 19.9 Å². The highest BCUT2D eigenvalue weighted by atomic mass is 79.9. The second kappa shape index (κ2) is 9.06. The summed E-state index contributed by atoms with van der Waals surface area (Å²) in [5.41, 5.74) is 5.25. The minimum Gasteiger partial charge on any atom is -0.496 e. The summed E-state index contributed by atoms with van der Waals surface area (Å²) in [5, 5.41) is 5.16. The molecule has 4 nitrogen and oxygen atoms in total. The fourth-order valence-electron chi connectivity index (χ4n) is 3.65. The van der Waals surface area contributed by atoms with Gasteiger partial charge in [0.25, 0.3) is 5.91 Å². The maximum absolute atomic E-state index is 13.1. The second-order valence-electron chi connectivity index (χ2n) is 7.16. The molecular formula is C24H23BrN2O2S. The van der Waals surface area contributed by atoms with Crippen molar-refractivity contribution in [3.63, 3.8) is 0 Å². The van der Waals surface area contributed by atoms with Crippen molar-refractivity contribution in [3.8, 4) is 5.75 Å². The molecule has 0 aliphatic heterocycles. The lowest BCUT2D eigenvalue weighted by Gasteiger charge is -2.13. The van der Waals surface area contributed by atoms with Crippen molar-refractivity contribution in [3.05, 3.63) is 86.8 Å². The molecule has 4 aromatic rings. The highest BCUT2D eigenvalue weighted by molar-refractivity contribution is 9.10. The topological polar surface area (TPSA) is 43.3 Å². The maximum atomic E-state index is 13.1. The minimum absolute atomic E-state index is 0.0613. The number of thiophene rings is 1. The van der Waals surface area contributed by atoms with E-state index in [4.69, 9.17) is 4.74 Å². The van der Waals surface area contributed by atoms with Crippen LogP contribution in [0.25, 0.3) is 10.2 Å². The van der Waals surface area contributed by atoms with Gasteiger partial charge in [0.1, 0.15) is 11.4 Å². The van der Waals surface area contributed by atoms with Crippen LogP contribution in [0.1, 0.15) is 27.2 Å². The fourth-order valence-corrected chi connectivity index (χ4v) is 5.35. The molecule has 0 saturated heterocycles. The third kappa shape index (κ3) is 4.16. The number of carbonyl (C=O) groups is 1. The van der Waals surface area contributed by atoms with Gasteiger partial charge >= 0.3 is 0 Å². The number of halogens is 1. The van der Waals surface area contributed by atoms with Crippen LogP contribution >= 0.6 is 27.3 Å². The number of methoxy groups -OCH3 is 1. The van der Waals surface area contributed by atoms with Crippen LogP contribution in [0.15, 0.2) is 64.5 Å². The first-order valence-corrected chi connectivity index (χ1v) is 11.5. The Kier molecular flexibility index (Phi) is 6.25. The van der Waals surface area contributed by atoms with E-state index in [0.29, 0.717) is 25.2 Å². The maximum Gasteiger partial charge on any atom is 0.267 e. The van der Waals surface area contributed by atoms with Crippen LogP contribution in [0, 0.1) is 6.92 Å². The molecule has 0 aliphatic carbocycles. The average Bonchev–Trinajstić information content (AvgIpc) is 3.30. The van der Waals surface area contributed by atoms with Crippen LogP contribution in [0.4, 0.5) is 0 Å². The standard InChI is InChI=1S/C24H23BrN2O2S/c1-16-7-3-4-9-18(16)14-27-20(13-22-23(27)19(25)15-30-22)24(28)26-12-11-17-8-5-6-10-21(17)29-2/h3-10,13,15H,11-12,14H2,1-2H3,(H,26,28). The van der Waals surface area contributed by atoms with Crippen LogP contribution in [-0.2, 0) is 13.0 Å². The van der Waals surface area contributed by atoms with Gasteiger partial charge in [0, 0.05) is 18.5 Å². The van der Waals surface area contributed by atoms with Crippen molar-refractivity contribution in [2.75, 3.05) is 13.7 Å². The summed E-state index contributed by atoms with van der Waals surface area (Å²) < 4.78 is 9.63. The number of para-hydroxylation sites is 1. The largest absolute Gasteiger partial charge is 0.496 e. The number of nitrogens with zero attached hydrogens (tertiary/aromatic N) is 1. The predicted octanol–water partition coefficient (Wildman–Crippen LogP) is 5.80. The molecule has 0 saturated carbocycles. The zero-order valence-electron chi connectivity index (χ0n) is 16.9. The van der Waals surface area contributed by atoms with Crippen LogP contribution in [0.2, 0.25) is 0 Å². The number of aryl methyl sites for hydroxylation is 1. The molecule has 0 aliphatic rings. The van der Waals surface area contributed by atoms with Gasteiger partial charge in [-0.3, -0.25) is 4.79 Å². The molecule has 1 amide bonds. The quantitative estimate of drug-likeness (QED) is 0.361. The molecule has 0 spiro atoms. The van der Waals surface area contributed by atoms with Crippen LogP contribution in [-0.4, -0.2) is 24.1 Å². The summed E-state index contributed by atoms with van der Waals surface area (Å²) in [6.07, 6.45) is 0.715. The highest BCUT2D eigenvalue weighted by Crippen LogP contribution is 2.34. The average molecular weight is 483 g/mol. The Bertz CT molecular complexity index is 1200. The second-order valence-corrected chi connectivity index (χ2v) is 8.92. The number of rotatable bonds is 7. The molecule has 0 unspecified atom stereocenters. The van der Waals surface area contributed by atoms with Crippen molar-refractivity contribution in [1.82, 2.24) is 9.88 Å². The Morgan fingerprint density at radius 1 is 1.13 bits per heavy atom. The minimum atomic E-state index is -0.0613. The lowest BCUT2D eigenvalue weighted by molar-refractivity contribution is 0.0945. The van der Waals surface area contributed by atoms with Gasteiger partial charge in [-0.15, -0.1) is 11.3 Å². The first-order valence-electron chi connectivity index (χ1n) is 9.79. The Labute approximate surface area is 188 Å². The van der Waals surface area contributed by atoms with E-state index in [1.165, 1.54) is 11.1 Å². The van der Waals surface area contributed by atoms with Crippen molar-refractivity contribution in [1.29, 1.82) is 0 Å². The van der Waals surface area contributed by atoms with E-state index in [1.54, 1.807) is 18.4 Å². The number of hydrogen-bond donors (Lipinski definition) is 1. The molecule has 0 atom stereocenters. The van der Waals surface area contributed by atoms with Crippen LogP contribution in [0.3, 0.4) is 0 Å². The van der Waals surface area contributed by atoms with E-state index in [-0.39, 0.29) is 5.91 Å². The molecule has 0 bridgehead atoms. The number of benzene rings is 2. The SMILES string of the molecule is COc1ccccc1CCNC(=O)c1cc2scc(Br)c2n1Cc1ccccc1C. The van der Waals surface area contributed by atoms with Gasteiger partial charge in [-0.05, 0) is 58.1 Å². The number of carbonyl (C=O) groups excluding carboxylic acids is 1. The number of fused-ring (bicyclic) bond motifs is 1. The Balaban J connectivity index is 1.57.